The number of aromatic nitrogens is 3. The van der Waals surface area contributed by atoms with Crippen molar-refractivity contribution >= 4 is 5.69 Å². The fourth-order valence-electron chi connectivity index (χ4n) is 2.19. The molecule has 3 rings (SSSR count). The van der Waals surface area contributed by atoms with Crippen molar-refractivity contribution in [3.8, 4) is 23.1 Å². The first-order valence-corrected chi connectivity index (χ1v) is 6.92. The second-order valence-electron chi connectivity index (χ2n) is 5.09. The molecule has 2 aromatic carbocycles. The summed E-state index contributed by atoms with van der Waals surface area (Å²) in [6.07, 6.45) is 2.09. The van der Waals surface area contributed by atoms with Gasteiger partial charge in [0.1, 0.15) is 6.33 Å². The molecule has 108 valence electrons. The third-order valence-corrected chi connectivity index (χ3v) is 3.50. The summed E-state index contributed by atoms with van der Waals surface area (Å²) in [5, 5.41) is 13.2. The highest BCUT2D eigenvalue weighted by Crippen LogP contribution is 2.21. The van der Waals surface area contributed by atoms with E-state index in [1.54, 1.807) is 11.0 Å². The fourth-order valence-corrected chi connectivity index (χ4v) is 2.19. The van der Waals surface area contributed by atoms with E-state index in [-0.39, 0.29) is 0 Å². The van der Waals surface area contributed by atoms with E-state index in [0.29, 0.717) is 12.2 Å². The van der Waals surface area contributed by atoms with Gasteiger partial charge in [0.05, 0.1) is 18.2 Å². The van der Waals surface area contributed by atoms with Gasteiger partial charge in [0.25, 0.3) is 0 Å². The van der Waals surface area contributed by atoms with Crippen LogP contribution in [0.2, 0.25) is 0 Å². The van der Waals surface area contributed by atoms with E-state index < -0.39 is 0 Å². The van der Waals surface area contributed by atoms with Crippen molar-refractivity contribution in [2.75, 3.05) is 5.73 Å². The quantitative estimate of drug-likeness (QED) is 0.752. The minimum Gasteiger partial charge on any atom is -0.399 e. The molecule has 5 heteroatoms. The van der Waals surface area contributed by atoms with Crippen LogP contribution in [0.15, 0.2) is 48.8 Å². The summed E-state index contributed by atoms with van der Waals surface area (Å²) in [6.45, 7) is 1.96. The molecule has 0 amide bonds. The molecule has 0 saturated carbocycles. The van der Waals surface area contributed by atoms with E-state index in [1.807, 2.05) is 49.4 Å². The topological polar surface area (TPSA) is 80.5 Å². The monoisotopic (exact) mass is 289 g/mol. The summed E-state index contributed by atoms with van der Waals surface area (Å²) >= 11 is 0. The van der Waals surface area contributed by atoms with E-state index in [4.69, 9.17) is 11.0 Å². The Balaban J connectivity index is 1.90. The summed E-state index contributed by atoms with van der Waals surface area (Å²) in [4.78, 5) is 4.35. The Bertz CT molecular complexity index is 840. The molecule has 0 fully saturated rings. The van der Waals surface area contributed by atoms with Crippen molar-refractivity contribution in [2.45, 2.75) is 13.3 Å². The molecule has 0 spiro atoms. The van der Waals surface area contributed by atoms with Crippen molar-refractivity contribution in [3.63, 3.8) is 0 Å². The van der Waals surface area contributed by atoms with E-state index >= 15 is 0 Å². The molecule has 0 bridgehead atoms. The molecule has 0 aliphatic carbocycles. The zero-order valence-electron chi connectivity index (χ0n) is 12.2. The Morgan fingerprint density at radius 1 is 1.18 bits per heavy atom. The Morgan fingerprint density at radius 3 is 2.64 bits per heavy atom. The van der Waals surface area contributed by atoms with Crippen LogP contribution < -0.4 is 5.73 Å². The SMILES string of the molecule is Cc1cc(-c2ncn(-c3ccc(CC#N)cc3)n2)ccc1N. The number of nitriles is 1. The largest absolute Gasteiger partial charge is 0.399 e. The molecule has 0 atom stereocenters. The zero-order valence-corrected chi connectivity index (χ0v) is 12.2. The maximum atomic E-state index is 8.69. The minimum atomic E-state index is 0.410. The lowest BCUT2D eigenvalue weighted by atomic mass is 10.1. The highest BCUT2D eigenvalue weighted by atomic mass is 15.3. The van der Waals surface area contributed by atoms with Crippen LogP contribution in [0, 0.1) is 18.3 Å². The lowest BCUT2D eigenvalue weighted by molar-refractivity contribution is 0.881. The van der Waals surface area contributed by atoms with Gasteiger partial charge in [0.15, 0.2) is 5.82 Å². The molecular formula is C17H15N5. The lowest BCUT2D eigenvalue weighted by Gasteiger charge is -2.02. The standard InChI is InChI=1S/C17H15N5/c1-12-10-14(4-7-16(12)19)17-20-11-22(21-17)15-5-2-13(3-6-15)8-9-18/h2-7,10-11H,8,19H2,1H3. The number of anilines is 1. The van der Waals surface area contributed by atoms with Gasteiger partial charge in [-0.2, -0.15) is 5.26 Å². The van der Waals surface area contributed by atoms with E-state index in [9.17, 15) is 0 Å². The van der Waals surface area contributed by atoms with Crippen LogP contribution in [0.4, 0.5) is 5.69 Å². The molecule has 1 heterocycles. The molecule has 2 N–H and O–H groups in total. The van der Waals surface area contributed by atoms with Crippen LogP contribution in [-0.2, 0) is 6.42 Å². The Hall–Kier alpha value is -3.13. The second-order valence-corrected chi connectivity index (χ2v) is 5.09. The van der Waals surface area contributed by atoms with Gasteiger partial charge in [-0.3, -0.25) is 0 Å². The molecule has 0 saturated heterocycles. The van der Waals surface area contributed by atoms with Crippen LogP contribution >= 0.6 is 0 Å². The van der Waals surface area contributed by atoms with Crippen molar-refractivity contribution in [1.82, 2.24) is 14.8 Å². The first kappa shape index (κ1) is 13.8. The first-order valence-electron chi connectivity index (χ1n) is 6.92. The number of aryl methyl sites for hydroxylation is 1. The number of hydrogen-bond acceptors (Lipinski definition) is 4. The van der Waals surface area contributed by atoms with Gasteiger partial charge >= 0.3 is 0 Å². The number of nitrogens with two attached hydrogens (primary N) is 1. The van der Waals surface area contributed by atoms with E-state index in [0.717, 1.165) is 28.1 Å². The normalized spacial score (nSPS) is 10.4. The van der Waals surface area contributed by atoms with Crippen LogP contribution in [0.3, 0.4) is 0 Å². The summed E-state index contributed by atoms with van der Waals surface area (Å²) in [6, 6.07) is 15.6. The smallest absolute Gasteiger partial charge is 0.181 e. The Labute approximate surface area is 128 Å². The van der Waals surface area contributed by atoms with E-state index in [2.05, 4.69) is 16.2 Å². The minimum absolute atomic E-state index is 0.410. The van der Waals surface area contributed by atoms with Gasteiger partial charge in [0.2, 0.25) is 0 Å². The molecule has 0 unspecified atom stereocenters. The molecule has 0 aliphatic heterocycles. The molecule has 0 radical (unpaired) electrons. The number of nitrogen functional groups attached to an aromatic ring is 1. The van der Waals surface area contributed by atoms with Gasteiger partial charge in [-0.1, -0.05) is 12.1 Å². The average molecular weight is 289 g/mol. The van der Waals surface area contributed by atoms with Crippen molar-refractivity contribution in [1.29, 1.82) is 5.26 Å². The van der Waals surface area contributed by atoms with Crippen molar-refractivity contribution < 1.29 is 0 Å². The average Bonchev–Trinajstić information content (AvgIpc) is 3.01. The van der Waals surface area contributed by atoms with Gasteiger partial charge in [0, 0.05) is 11.3 Å². The third-order valence-electron chi connectivity index (χ3n) is 3.50. The molecule has 22 heavy (non-hydrogen) atoms. The maximum Gasteiger partial charge on any atom is 0.181 e. The van der Waals surface area contributed by atoms with E-state index in [1.165, 1.54) is 0 Å². The predicted octanol–water partition coefficient (Wildman–Crippen LogP) is 2.89. The molecule has 3 aromatic rings. The third kappa shape index (κ3) is 2.67. The van der Waals surface area contributed by atoms with Crippen LogP contribution in [0.1, 0.15) is 11.1 Å². The van der Waals surface area contributed by atoms with Gasteiger partial charge < -0.3 is 5.73 Å². The number of nitrogens with zero attached hydrogens (tertiary/aromatic N) is 4. The lowest BCUT2D eigenvalue weighted by Crippen LogP contribution is -1.96. The van der Waals surface area contributed by atoms with Gasteiger partial charge in [-0.05, 0) is 48.4 Å². The predicted molar refractivity (Wildman–Crippen MR) is 85.3 cm³/mol. The maximum absolute atomic E-state index is 8.69. The van der Waals surface area contributed by atoms with Crippen molar-refractivity contribution in [3.05, 3.63) is 59.9 Å². The van der Waals surface area contributed by atoms with Crippen LogP contribution in [-0.4, -0.2) is 14.8 Å². The Morgan fingerprint density at radius 2 is 1.95 bits per heavy atom. The Kier molecular flexibility index (Phi) is 3.58. The summed E-state index contributed by atoms with van der Waals surface area (Å²) in [5.74, 6) is 0.657. The summed E-state index contributed by atoms with van der Waals surface area (Å²) < 4.78 is 1.72. The second kappa shape index (κ2) is 5.70. The molecule has 5 nitrogen and oxygen atoms in total. The van der Waals surface area contributed by atoms with Crippen LogP contribution in [0.5, 0.6) is 0 Å². The number of rotatable bonds is 3. The summed E-state index contributed by atoms with van der Waals surface area (Å²) in [7, 11) is 0. The zero-order chi connectivity index (χ0) is 15.5. The van der Waals surface area contributed by atoms with Gasteiger partial charge in [-0.15, -0.1) is 5.10 Å². The fraction of sp³-hybridized carbons (Fsp3) is 0.118. The summed E-state index contributed by atoms with van der Waals surface area (Å²) in [5.41, 5.74) is 10.4. The van der Waals surface area contributed by atoms with Gasteiger partial charge in [-0.25, -0.2) is 9.67 Å². The van der Waals surface area contributed by atoms with Crippen LogP contribution in [0.25, 0.3) is 17.1 Å². The highest BCUT2D eigenvalue weighted by Gasteiger charge is 2.07. The highest BCUT2D eigenvalue weighted by molar-refractivity contribution is 5.61. The first-order chi connectivity index (χ1) is 10.7. The molecular weight excluding hydrogens is 274 g/mol. The van der Waals surface area contributed by atoms with Crippen molar-refractivity contribution in [2.24, 2.45) is 0 Å². The number of benzene rings is 2. The molecule has 0 aliphatic rings. The molecule has 1 aromatic heterocycles. The number of hydrogen-bond donors (Lipinski definition) is 1.